The molecule has 1 fully saturated rings. The van der Waals surface area contributed by atoms with Gasteiger partial charge in [-0.05, 0) is 49.9 Å². The van der Waals surface area contributed by atoms with Gasteiger partial charge in [-0.25, -0.2) is 0 Å². The fraction of sp³-hybridized carbons (Fsp3) is 0.600. The Morgan fingerprint density at radius 2 is 2.05 bits per heavy atom. The highest BCUT2D eigenvalue weighted by molar-refractivity contribution is 5.44. The zero-order chi connectivity index (χ0) is 12.9. The summed E-state index contributed by atoms with van der Waals surface area (Å²) in [4.78, 5) is 0. The maximum atomic E-state index is 5.68. The van der Waals surface area contributed by atoms with E-state index in [-0.39, 0.29) is 0 Å². The van der Waals surface area contributed by atoms with Gasteiger partial charge in [-0.2, -0.15) is 0 Å². The zero-order valence-corrected chi connectivity index (χ0v) is 11.2. The van der Waals surface area contributed by atoms with Crippen LogP contribution in [-0.4, -0.2) is 26.0 Å². The molecule has 4 heteroatoms. The van der Waals surface area contributed by atoms with Gasteiger partial charge < -0.3 is 19.5 Å². The van der Waals surface area contributed by atoms with Crippen LogP contribution in [0.25, 0.3) is 0 Å². The Labute approximate surface area is 114 Å². The van der Waals surface area contributed by atoms with Gasteiger partial charge >= 0.3 is 0 Å². The average Bonchev–Trinajstić information content (AvgIpc) is 3.13. The van der Waals surface area contributed by atoms with Gasteiger partial charge in [0.05, 0.1) is 6.61 Å². The van der Waals surface area contributed by atoms with Crippen LogP contribution in [0.5, 0.6) is 11.5 Å². The summed E-state index contributed by atoms with van der Waals surface area (Å²) in [6.45, 7) is 2.92. The summed E-state index contributed by atoms with van der Waals surface area (Å²) >= 11 is 0. The lowest BCUT2D eigenvalue weighted by Crippen LogP contribution is -2.17. The summed E-state index contributed by atoms with van der Waals surface area (Å²) < 4.78 is 16.3. The predicted octanol–water partition coefficient (Wildman–Crippen LogP) is 2.46. The van der Waals surface area contributed by atoms with Crippen LogP contribution in [0.2, 0.25) is 0 Å². The minimum Gasteiger partial charge on any atom is -0.454 e. The van der Waals surface area contributed by atoms with Gasteiger partial charge in [0.25, 0.3) is 0 Å². The molecule has 3 rings (SSSR count). The first kappa shape index (κ1) is 12.8. The molecular weight excluding hydrogens is 242 g/mol. The second kappa shape index (κ2) is 6.26. The summed E-state index contributed by atoms with van der Waals surface area (Å²) in [7, 11) is 0. The maximum absolute atomic E-state index is 5.68. The van der Waals surface area contributed by atoms with Crippen molar-refractivity contribution in [3.63, 3.8) is 0 Å². The lowest BCUT2D eigenvalue weighted by Gasteiger charge is -2.06. The van der Waals surface area contributed by atoms with Gasteiger partial charge in [0.1, 0.15) is 0 Å². The summed E-state index contributed by atoms with van der Waals surface area (Å²) in [5, 5.41) is 3.51. The van der Waals surface area contributed by atoms with Crippen LogP contribution in [-0.2, 0) is 11.3 Å². The summed E-state index contributed by atoms with van der Waals surface area (Å²) in [6.07, 6.45) is 5.03. The van der Waals surface area contributed by atoms with Gasteiger partial charge in [0, 0.05) is 12.6 Å². The second-order valence-electron chi connectivity index (χ2n) is 5.18. The minimum atomic E-state index is 0.327. The Bertz CT molecular complexity index is 418. The number of ether oxygens (including phenoxy) is 3. The van der Waals surface area contributed by atoms with E-state index in [1.54, 1.807) is 0 Å². The molecule has 1 aliphatic heterocycles. The smallest absolute Gasteiger partial charge is 0.231 e. The first-order valence-corrected chi connectivity index (χ1v) is 7.11. The summed E-state index contributed by atoms with van der Waals surface area (Å²) in [6, 6.07) is 6.79. The number of nitrogens with one attached hydrogen (secondary N) is 1. The van der Waals surface area contributed by atoms with E-state index in [9.17, 15) is 0 Å². The number of unbranched alkanes of at least 4 members (excludes halogenated alkanes) is 1. The monoisotopic (exact) mass is 263 g/mol. The largest absolute Gasteiger partial charge is 0.454 e. The Kier molecular flexibility index (Phi) is 4.20. The molecule has 1 aromatic carbocycles. The zero-order valence-electron chi connectivity index (χ0n) is 11.2. The summed E-state index contributed by atoms with van der Waals surface area (Å²) in [5.74, 6) is 1.66. The first-order valence-electron chi connectivity index (χ1n) is 7.11. The molecule has 2 aliphatic rings. The third-order valence-corrected chi connectivity index (χ3v) is 3.43. The molecular formula is C15H21NO3. The van der Waals surface area contributed by atoms with Crippen LogP contribution >= 0.6 is 0 Å². The Hall–Kier alpha value is -1.26. The van der Waals surface area contributed by atoms with Crippen LogP contribution in [0.3, 0.4) is 0 Å². The van der Waals surface area contributed by atoms with Crippen LogP contribution in [0.15, 0.2) is 18.2 Å². The highest BCUT2D eigenvalue weighted by Crippen LogP contribution is 2.32. The van der Waals surface area contributed by atoms with E-state index in [0.29, 0.717) is 13.4 Å². The van der Waals surface area contributed by atoms with Crippen molar-refractivity contribution in [2.45, 2.75) is 38.3 Å². The highest BCUT2D eigenvalue weighted by Gasteiger charge is 2.19. The van der Waals surface area contributed by atoms with E-state index >= 15 is 0 Å². The number of hydrogen-bond acceptors (Lipinski definition) is 4. The molecule has 104 valence electrons. The van der Waals surface area contributed by atoms with Crippen molar-refractivity contribution in [3.8, 4) is 11.5 Å². The third kappa shape index (κ3) is 3.85. The molecule has 0 amide bonds. The SMILES string of the molecule is c1cc2c(cc1COCCCCNC1CC1)OCO2. The molecule has 0 radical (unpaired) electrons. The Balaban J connectivity index is 1.29. The molecule has 19 heavy (non-hydrogen) atoms. The van der Waals surface area contributed by atoms with E-state index in [2.05, 4.69) is 5.32 Å². The normalized spacial score (nSPS) is 16.8. The lowest BCUT2D eigenvalue weighted by molar-refractivity contribution is 0.117. The van der Waals surface area contributed by atoms with Crippen LogP contribution < -0.4 is 14.8 Å². The van der Waals surface area contributed by atoms with Crippen molar-refractivity contribution in [2.75, 3.05) is 19.9 Å². The standard InChI is InChI=1S/C15H21NO3/c1(7-16-13-4-5-13)2-8-17-10-12-3-6-14-15(9-12)19-11-18-14/h3,6,9,13,16H,1-2,4-5,7-8,10-11H2. The lowest BCUT2D eigenvalue weighted by atomic mass is 10.2. The van der Waals surface area contributed by atoms with E-state index in [0.717, 1.165) is 42.7 Å². The van der Waals surface area contributed by atoms with Crippen molar-refractivity contribution in [1.29, 1.82) is 0 Å². The Morgan fingerprint density at radius 1 is 1.16 bits per heavy atom. The first-order chi connectivity index (χ1) is 9.42. The Morgan fingerprint density at radius 3 is 2.95 bits per heavy atom. The minimum absolute atomic E-state index is 0.327. The topological polar surface area (TPSA) is 39.7 Å². The molecule has 4 nitrogen and oxygen atoms in total. The van der Waals surface area contributed by atoms with E-state index in [1.165, 1.54) is 19.3 Å². The molecule has 0 spiro atoms. The number of fused-ring (bicyclic) bond motifs is 1. The molecule has 0 saturated heterocycles. The predicted molar refractivity (Wildman–Crippen MR) is 72.5 cm³/mol. The van der Waals surface area contributed by atoms with E-state index in [4.69, 9.17) is 14.2 Å². The van der Waals surface area contributed by atoms with Crippen molar-refractivity contribution < 1.29 is 14.2 Å². The molecule has 0 bridgehead atoms. The van der Waals surface area contributed by atoms with Crippen molar-refractivity contribution in [1.82, 2.24) is 5.32 Å². The fourth-order valence-corrected chi connectivity index (χ4v) is 2.14. The van der Waals surface area contributed by atoms with Crippen molar-refractivity contribution >= 4 is 0 Å². The quantitative estimate of drug-likeness (QED) is 0.731. The van der Waals surface area contributed by atoms with E-state index in [1.807, 2.05) is 18.2 Å². The number of rotatable bonds is 8. The molecule has 1 N–H and O–H groups in total. The molecule has 1 aliphatic carbocycles. The third-order valence-electron chi connectivity index (χ3n) is 3.43. The van der Waals surface area contributed by atoms with Gasteiger partial charge in [0.2, 0.25) is 6.79 Å². The van der Waals surface area contributed by atoms with Crippen LogP contribution in [0, 0.1) is 0 Å². The number of benzene rings is 1. The van der Waals surface area contributed by atoms with Gasteiger partial charge in [0.15, 0.2) is 11.5 Å². The fourth-order valence-electron chi connectivity index (χ4n) is 2.14. The molecule has 1 heterocycles. The van der Waals surface area contributed by atoms with Crippen molar-refractivity contribution in [3.05, 3.63) is 23.8 Å². The van der Waals surface area contributed by atoms with Gasteiger partial charge in [-0.1, -0.05) is 6.07 Å². The van der Waals surface area contributed by atoms with E-state index < -0.39 is 0 Å². The maximum Gasteiger partial charge on any atom is 0.231 e. The molecule has 1 saturated carbocycles. The summed E-state index contributed by atoms with van der Waals surface area (Å²) in [5.41, 5.74) is 1.14. The second-order valence-corrected chi connectivity index (χ2v) is 5.18. The van der Waals surface area contributed by atoms with Gasteiger partial charge in [-0.15, -0.1) is 0 Å². The van der Waals surface area contributed by atoms with Crippen molar-refractivity contribution in [2.24, 2.45) is 0 Å². The average molecular weight is 263 g/mol. The highest BCUT2D eigenvalue weighted by atomic mass is 16.7. The molecule has 0 aromatic heterocycles. The molecule has 0 unspecified atom stereocenters. The molecule has 0 atom stereocenters. The van der Waals surface area contributed by atoms with Crippen LogP contribution in [0.4, 0.5) is 0 Å². The van der Waals surface area contributed by atoms with Crippen LogP contribution in [0.1, 0.15) is 31.2 Å². The number of hydrogen-bond donors (Lipinski definition) is 1. The van der Waals surface area contributed by atoms with Gasteiger partial charge in [-0.3, -0.25) is 0 Å². The molecule has 1 aromatic rings.